The quantitative estimate of drug-likeness (QED) is 0.559. The van der Waals surface area contributed by atoms with Crippen LogP contribution in [0.5, 0.6) is 0 Å². The molecular formula is C24H30Cl3N3O. The first-order valence-electron chi connectivity index (χ1n) is 10.8. The van der Waals surface area contributed by atoms with E-state index in [4.69, 9.17) is 23.2 Å². The lowest BCUT2D eigenvalue weighted by Gasteiger charge is -2.34. The number of rotatable bonds is 5. The zero-order valence-electron chi connectivity index (χ0n) is 17.9. The third-order valence-corrected chi connectivity index (χ3v) is 6.90. The fourth-order valence-electron chi connectivity index (χ4n) is 4.71. The van der Waals surface area contributed by atoms with Crippen LogP contribution < -0.4 is 10.2 Å². The number of halogens is 3. The van der Waals surface area contributed by atoms with Crippen LogP contribution in [0.15, 0.2) is 36.4 Å². The van der Waals surface area contributed by atoms with Crippen molar-refractivity contribution in [1.82, 2.24) is 10.2 Å². The second-order valence-electron chi connectivity index (χ2n) is 8.36. The maximum Gasteiger partial charge on any atom is 0.251 e. The zero-order chi connectivity index (χ0) is 21.1. The minimum Gasteiger partial charge on any atom is -0.369 e. The van der Waals surface area contributed by atoms with E-state index < -0.39 is 0 Å². The van der Waals surface area contributed by atoms with E-state index in [1.165, 1.54) is 18.4 Å². The first-order chi connectivity index (χ1) is 14.5. The van der Waals surface area contributed by atoms with E-state index in [1.54, 1.807) is 12.1 Å². The molecule has 1 unspecified atom stereocenters. The standard InChI is InChI=1S/C24H29Cl2N3O.ClH/c1-28-11-5-4-10-22(28)19-9-3-2-8-17(19)16-27-24(30)18-14-20(25)23(21(26)15-18)29-12-6-7-13-29;/h2-3,8-9,14-15,22H,4-7,10-13,16H2,1H3,(H,27,30);1H. The molecule has 0 aromatic heterocycles. The SMILES string of the molecule is CN1CCCCC1c1ccccc1CNC(=O)c1cc(Cl)c(N2CCCC2)c(Cl)c1.Cl. The molecule has 0 aliphatic carbocycles. The Morgan fingerprint density at radius 3 is 2.35 bits per heavy atom. The van der Waals surface area contributed by atoms with Gasteiger partial charge in [0, 0.05) is 31.2 Å². The van der Waals surface area contributed by atoms with Crippen molar-refractivity contribution in [2.24, 2.45) is 0 Å². The van der Waals surface area contributed by atoms with Gasteiger partial charge >= 0.3 is 0 Å². The number of likely N-dealkylation sites (tertiary alicyclic amines) is 1. The molecule has 4 rings (SSSR count). The van der Waals surface area contributed by atoms with Gasteiger partial charge in [-0.3, -0.25) is 9.69 Å². The highest BCUT2D eigenvalue weighted by molar-refractivity contribution is 6.39. The first kappa shape index (κ1) is 24.2. The minimum absolute atomic E-state index is 0. The van der Waals surface area contributed by atoms with E-state index in [-0.39, 0.29) is 18.3 Å². The molecule has 31 heavy (non-hydrogen) atoms. The second-order valence-corrected chi connectivity index (χ2v) is 9.17. The highest BCUT2D eigenvalue weighted by Gasteiger charge is 2.23. The van der Waals surface area contributed by atoms with Crippen LogP contribution in [-0.2, 0) is 6.54 Å². The molecular weight excluding hydrogens is 453 g/mol. The van der Waals surface area contributed by atoms with Crippen LogP contribution >= 0.6 is 35.6 Å². The van der Waals surface area contributed by atoms with Crippen molar-refractivity contribution < 1.29 is 4.79 Å². The molecule has 2 heterocycles. The summed E-state index contributed by atoms with van der Waals surface area (Å²) in [7, 11) is 2.19. The van der Waals surface area contributed by atoms with Crippen molar-refractivity contribution in [3.63, 3.8) is 0 Å². The molecule has 2 aromatic carbocycles. The highest BCUT2D eigenvalue weighted by Crippen LogP contribution is 2.37. The Morgan fingerprint density at radius 2 is 1.68 bits per heavy atom. The van der Waals surface area contributed by atoms with Crippen molar-refractivity contribution in [2.45, 2.75) is 44.7 Å². The zero-order valence-corrected chi connectivity index (χ0v) is 20.2. The number of amides is 1. The van der Waals surface area contributed by atoms with E-state index >= 15 is 0 Å². The Labute approximate surface area is 201 Å². The minimum atomic E-state index is -0.154. The van der Waals surface area contributed by atoms with Crippen LogP contribution in [0.1, 0.15) is 59.6 Å². The lowest BCUT2D eigenvalue weighted by Crippen LogP contribution is -2.31. The summed E-state index contributed by atoms with van der Waals surface area (Å²) in [4.78, 5) is 17.5. The molecule has 168 valence electrons. The monoisotopic (exact) mass is 481 g/mol. The number of carbonyl (C=O) groups is 1. The van der Waals surface area contributed by atoms with Gasteiger partial charge in [-0.25, -0.2) is 0 Å². The van der Waals surface area contributed by atoms with E-state index in [2.05, 4.69) is 40.4 Å². The molecule has 2 aliphatic heterocycles. The number of nitrogens with one attached hydrogen (secondary N) is 1. The normalized spacial score (nSPS) is 19.2. The summed E-state index contributed by atoms with van der Waals surface area (Å²) >= 11 is 13.0. The van der Waals surface area contributed by atoms with Crippen LogP contribution in [0.25, 0.3) is 0 Å². The van der Waals surface area contributed by atoms with Crippen LogP contribution in [0.4, 0.5) is 5.69 Å². The van der Waals surface area contributed by atoms with Gasteiger partial charge < -0.3 is 10.2 Å². The van der Waals surface area contributed by atoms with Gasteiger partial charge in [0.15, 0.2) is 0 Å². The number of anilines is 1. The fourth-order valence-corrected chi connectivity index (χ4v) is 5.43. The molecule has 0 radical (unpaired) electrons. The van der Waals surface area contributed by atoms with E-state index in [0.717, 1.165) is 50.1 Å². The predicted molar refractivity (Wildman–Crippen MR) is 132 cm³/mol. The molecule has 2 fully saturated rings. The summed E-state index contributed by atoms with van der Waals surface area (Å²) in [5, 5.41) is 4.15. The first-order valence-corrected chi connectivity index (χ1v) is 11.6. The van der Waals surface area contributed by atoms with Crippen molar-refractivity contribution >= 4 is 47.2 Å². The molecule has 2 saturated heterocycles. The maximum absolute atomic E-state index is 12.9. The summed E-state index contributed by atoms with van der Waals surface area (Å²) < 4.78 is 0. The second kappa shape index (κ2) is 10.9. The van der Waals surface area contributed by atoms with Gasteiger partial charge in [0.05, 0.1) is 15.7 Å². The van der Waals surface area contributed by atoms with Gasteiger partial charge in [-0.1, -0.05) is 53.9 Å². The largest absolute Gasteiger partial charge is 0.369 e. The van der Waals surface area contributed by atoms with Crippen LogP contribution in [0.2, 0.25) is 10.0 Å². The number of hydrogen-bond donors (Lipinski definition) is 1. The van der Waals surface area contributed by atoms with Crippen molar-refractivity contribution in [1.29, 1.82) is 0 Å². The number of benzene rings is 2. The van der Waals surface area contributed by atoms with Gasteiger partial charge in [0.1, 0.15) is 0 Å². The summed E-state index contributed by atoms with van der Waals surface area (Å²) in [6, 6.07) is 12.3. The molecule has 0 spiro atoms. The number of piperidine rings is 1. The molecule has 1 N–H and O–H groups in total. The molecule has 0 saturated carbocycles. The van der Waals surface area contributed by atoms with Crippen molar-refractivity contribution in [3.05, 3.63) is 63.1 Å². The third kappa shape index (κ3) is 5.48. The lowest BCUT2D eigenvalue weighted by atomic mass is 9.92. The highest BCUT2D eigenvalue weighted by atomic mass is 35.5. The molecule has 1 amide bonds. The Kier molecular flexibility index (Phi) is 8.51. The summed E-state index contributed by atoms with van der Waals surface area (Å²) in [6.45, 7) is 3.52. The lowest BCUT2D eigenvalue weighted by molar-refractivity contribution is 0.0950. The number of nitrogens with zero attached hydrogens (tertiary/aromatic N) is 2. The fraction of sp³-hybridized carbons (Fsp3) is 0.458. The van der Waals surface area contributed by atoms with Gasteiger partial charge in [-0.2, -0.15) is 0 Å². The predicted octanol–water partition coefficient (Wildman–Crippen LogP) is 6.10. The van der Waals surface area contributed by atoms with Crippen LogP contribution in [-0.4, -0.2) is 37.5 Å². The summed E-state index contributed by atoms with van der Waals surface area (Å²) in [5.41, 5.74) is 3.81. The van der Waals surface area contributed by atoms with Gasteiger partial charge in [0.25, 0.3) is 5.91 Å². The average Bonchev–Trinajstić information content (AvgIpc) is 3.26. The molecule has 4 nitrogen and oxygen atoms in total. The Bertz CT molecular complexity index is 892. The molecule has 2 aromatic rings. The number of hydrogen-bond acceptors (Lipinski definition) is 3. The number of carbonyl (C=O) groups excluding carboxylic acids is 1. The van der Waals surface area contributed by atoms with Gasteiger partial charge in [-0.05, 0) is 62.5 Å². The van der Waals surface area contributed by atoms with Crippen molar-refractivity contribution in [2.75, 3.05) is 31.6 Å². The Balaban J connectivity index is 0.00000272. The summed E-state index contributed by atoms with van der Waals surface area (Å²) in [5.74, 6) is -0.154. The third-order valence-electron chi connectivity index (χ3n) is 6.33. The van der Waals surface area contributed by atoms with Crippen molar-refractivity contribution in [3.8, 4) is 0 Å². The van der Waals surface area contributed by atoms with Crippen LogP contribution in [0, 0.1) is 0 Å². The van der Waals surface area contributed by atoms with E-state index in [0.29, 0.717) is 28.2 Å². The van der Waals surface area contributed by atoms with E-state index in [9.17, 15) is 4.79 Å². The molecule has 2 aliphatic rings. The van der Waals surface area contributed by atoms with Gasteiger partial charge in [0.2, 0.25) is 0 Å². The van der Waals surface area contributed by atoms with Gasteiger partial charge in [-0.15, -0.1) is 12.4 Å². The molecule has 7 heteroatoms. The molecule has 1 atom stereocenters. The Hall–Kier alpha value is -1.46. The smallest absolute Gasteiger partial charge is 0.251 e. The summed E-state index contributed by atoms with van der Waals surface area (Å²) in [6.07, 6.45) is 5.94. The average molecular weight is 483 g/mol. The molecule has 0 bridgehead atoms. The maximum atomic E-state index is 12.9. The van der Waals surface area contributed by atoms with E-state index in [1.807, 2.05) is 6.07 Å². The topological polar surface area (TPSA) is 35.6 Å². The van der Waals surface area contributed by atoms with Crippen LogP contribution in [0.3, 0.4) is 0 Å². The Morgan fingerprint density at radius 1 is 1.03 bits per heavy atom.